The Bertz CT molecular complexity index is 795. The van der Waals surface area contributed by atoms with Crippen LogP contribution >= 0.6 is 0 Å². The number of benzene rings is 1. The molecule has 0 unspecified atom stereocenters. The molecule has 34 heavy (non-hydrogen) atoms. The fraction of sp³-hybridized carbons (Fsp3) is 0.630. The van der Waals surface area contributed by atoms with E-state index in [0.717, 1.165) is 63.4 Å². The van der Waals surface area contributed by atoms with Crippen molar-refractivity contribution in [2.75, 3.05) is 59.5 Å². The van der Waals surface area contributed by atoms with Crippen LogP contribution < -0.4 is 10.1 Å². The maximum Gasteiger partial charge on any atom is 0.317 e. The van der Waals surface area contributed by atoms with Crippen LogP contribution in [-0.4, -0.2) is 86.1 Å². The van der Waals surface area contributed by atoms with E-state index < -0.39 is 0 Å². The van der Waals surface area contributed by atoms with Crippen LogP contribution in [0.25, 0.3) is 6.08 Å². The molecule has 0 aromatic heterocycles. The van der Waals surface area contributed by atoms with Gasteiger partial charge in [0, 0.05) is 64.3 Å². The molecule has 1 aromatic rings. The number of hydrogen-bond acceptors (Lipinski definition) is 4. The van der Waals surface area contributed by atoms with Crippen LogP contribution in [0.15, 0.2) is 30.3 Å². The van der Waals surface area contributed by atoms with E-state index in [0.29, 0.717) is 19.5 Å². The molecule has 1 fully saturated rings. The molecule has 7 nitrogen and oxygen atoms in total. The fourth-order valence-corrected chi connectivity index (χ4v) is 3.91. The zero-order chi connectivity index (χ0) is 25.0. The third-order valence-corrected chi connectivity index (χ3v) is 5.95. The lowest BCUT2D eigenvalue weighted by Crippen LogP contribution is -2.53. The Morgan fingerprint density at radius 2 is 1.85 bits per heavy atom. The van der Waals surface area contributed by atoms with E-state index >= 15 is 0 Å². The molecule has 0 radical (unpaired) electrons. The molecule has 1 N–H and O–H groups in total. The second-order valence-corrected chi connectivity index (χ2v) is 10.1. The first-order valence-electron chi connectivity index (χ1n) is 12.6. The molecular formula is C27H44N4O3. The molecule has 0 bridgehead atoms. The number of urea groups is 1. The molecular weight excluding hydrogens is 428 g/mol. The predicted octanol–water partition coefficient (Wildman–Crippen LogP) is 4.10. The Balaban J connectivity index is 1.90. The topological polar surface area (TPSA) is 65.1 Å². The number of carbonyl (C=O) groups excluding carboxylic acids is 2. The van der Waals surface area contributed by atoms with Crippen LogP contribution in [0.2, 0.25) is 0 Å². The lowest BCUT2D eigenvalue weighted by atomic mass is 9.91. The van der Waals surface area contributed by atoms with E-state index in [1.54, 1.807) is 7.11 Å². The zero-order valence-electron chi connectivity index (χ0n) is 21.8. The van der Waals surface area contributed by atoms with Crippen molar-refractivity contribution in [3.8, 4) is 5.75 Å². The molecule has 7 heteroatoms. The Labute approximate surface area is 206 Å². The molecule has 0 atom stereocenters. The number of ether oxygens (including phenoxy) is 1. The van der Waals surface area contributed by atoms with Gasteiger partial charge in [-0.25, -0.2) is 4.79 Å². The first kappa shape index (κ1) is 27.7. The number of nitrogens with one attached hydrogen (secondary N) is 1. The minimum Gasteiger partial charge on any atom is -0.496 e. The van der Waals surface area contributed by atoms with E-state index in [-0.39, 0.29) is 17.4 Å². The van der Waals surface area contributed by atoms with Gasteiger partial charge in [0.15, 0.2) is 0 Å². The van der Waals surface area contributed by atoms with Gasteiger partial charge < -0.3 is 19.9 Å². The van der Waals surface area contributed by atoms with Gasteiger partial charge in [0.25, 0.3) is 0 Å². The summed E-state index contributed by atoms with van der Waals surface area (Å²) in [6, 6.07) is 7.91. The zero-order valence-corrected chi connectivity index (χ0v) is 21.8. The summed E-state index contributed by atoms with van der Waals surface area (Å²) in [5.41, 5.74) is 0.944. The Hall–Kier alpha value is -2.54. The van der Waals surface area contributed by atoms with Crippen LogP contribution in [0.4, 0.5) is 4.79 Å². The SMILES string of the molecule is CCCCNC(=O)N1CCN(CCN(C/C=C/c2ccccc2OC)C(=O)CC(C)(C)C)CC1. The molecule has 1 heterocycles. The molecule has 0 saturated carbocycles. The van der Waals surface area contributed by atoms with Crippen molar-refractivity contribution in [1.82, 2.24) is 20.0 Å². The number of piperazine rings is 1. The van der Waals surface area contributed by atoms with Crippen LogP contribution in [0.1, 0.15) is 52.5 Å². The van der Waals surface area contributed by atoms with Gasteiger partial charge in [0.1, 0.15) is 5.75 Å². The van der Waals surface area contributed by atoms with Gasteiger partial charge >= 0.3 is 6.03 Å². The maximum absolute atomic E-state index is 13.1. The average Bonchev–Trinajstić information content (AvgIpc) is 2.80. The van der Waals surface area contributed by atoms with E-state index in [1.165, 1.54) is 0 Å². The number of carbonyl (C=O) groups is 2. The second-order valence-electron chi connectivity index (χ2n) is 10.1. The van der Waals surface area contributed by atoms with Gasteiger partial charge in [-0.05, 0) is 17.9 Å². The van der Waals surface area contributed by atoms with Gasteiger partial charge in [-0.1, -0.05) is 64.5 Å². The smallest absolute Gasteiger partial charge is 0.317 e. The Morgan fingerprint density at radius 3 is 2.50 bits per heavy atom. The van der Waals surface area contributed by atoms with Crippen molar-refractivity contribution >= 4 is 18.0 Å². The Morgan fingerprint density at radius 1 is 1.15 bits per heavy atom. The number of rotatable bonds is 11. The second kappa shape index (κ2) is 14.0. The highest BCUT2D eigenvalue weighted by Gasteiger charge is 2.23. The minimum atomic E-state index is -0.0571. The highest BCUT2D eigenvalue weighted by Crippen LogP contribution is 2.21. The lowest BCUT2D eigenvalue weighted by molar-refractivity contribution is -0.132. The molecule has 1 saturated heterocycles. The average molecular weight is 473 g/mol. The molecule has 3 amide bonds. The monoisotopic (exact) mass is 472 g/mol. The normalized spacial score (nSPS) is 14.9. The molecule has 0 spiro atoms. The number of hydrogen-bond donors (Lipinski definition) is 1. The summed E-state index contributed by atoms with van der Waals surface area (Å²) in [5.74, 6) is 0.994. The third-order valence-electron chi connectivity index (χ3n) is 5.95. The highest BCUT2D eigenvalue weighted by molar-refractivity contribution is 5.77. The van der Waals surface area contributed by atoms with Crippen LogP contribution in [0.5, 0.6) is 5.75 Å². The third kappa shape index (κ3) is 9.75. The standard InChI is InChI=1S/C27H44N4O3/c1-6-7-14-28-26(33)31-20-17-29(18-21-31)16-19-30(25(32)22-27(2,3)4)15-10-12-23-11-8-9-13-24(23)34-5/h8-13H,6-7,14-22H2,1-5H3,(H,28,33)/b12-10+. The van der Waals surface area contributed by atoms with Crippen molar-refractivity contribution in [3.05, 3.63) is 35.9 Å². The molecule has 2 rings (SSSR count). The largest absolute Gasteiger partial charge is 0.496 e. The van der Waals surface area contributed by atoms with Gasteiger partial charge in [-0.3, -0.25) is 9.69 Å². The molecule has 1 aliphatic rings. The van der Waals surface area contributed by atoms with Gasteiger partial charge in [0.2, 0.25) is 5.91 Å². The van der Waals surface area contributed by atoms with Gasteiger partial charge in [0.05, 0.1) is 7.11 Å². The summed E-state index contributed by atoms with van der Waals surface area (Å²) in [5, 5.41) is 3.00. The molecule has 1 aromatic carbocycles. The van der Waals surface area contributed by atoms with Gasteiger partial charge in [-0.2, -0.15) is 0 Å². The fourth-order valence-electron chi connectivity index (χ4n) is 3.91. The summed E-state index contributed by atoms with van der Waals surface area (Å²) in [7, 11) is 1.67. The van der Waals surface area contributed by atoms with Crippen molar-refractivity contribution in [3.63, 3.8) is 0 Å². The van der Waals surface area contributed by atoms with E-state index in [1.807, 2.05) is 46.2 Å². The number of para-hydroxylation sites is 1. The summed E-state index contributed by atoms with van der Waals surface area (Å²) < 4.78 is 5.42. The van der Waals surface area contributed by atoms with Gasteiger partial charge in [-0.15, -0.1) is 0 Å². The van der Waals surface area contributed by atoms with Crippen molar-refractivity contribution < 1.29 is 14.3 Å². The minimum absolute atomic E-state index is 0.0385. The summed E-state index contributed by atoms with van der Waals surface area (Å²) in [4.78, 5) is 31.5. The summed E-state index contributed by atoms with van der Waals surface area (Å²) in [6.07, 6.45) is 6.66. The number of amides is 3. The first-order valence-corrected chi connectivity index (χ1v) is 12.6. The van der Waals surface area contributed by atoms with E-state index in [9.17, 15) is 9.59 Å². The summed E-state index contributed by atoms with van der Waals surface area (Å²) >= 11 is 0. The lowest BCUT2D eigenvalue weighted by Gasteiger charge is -2.36. The quantitative estimate of drug-likeness (QED) is 0.493. The van der Waals surface area contributed by atoms with Crippen molar-refractivity contribution in [2.45, 2.75) is 47.0 Å². The molecule has 0 aliphatic carbocycles. The maximum atomic E-state index is 13.1. The first-order chi connectivity index (χ1) is 16.2. The highest BCUT2D eigenvalue weighted by atomic mass is 16.5. The van der Waals surface area contributed by atoms with Crippen molar-refractivity contribution in [1.29, 1.82) is 0 Å². The van der Waals surface area contributed by atoms with Crippen LogP contribution in [0, 0.1) is 5.41 Å². The Kier molecular flexibility index (Phi) is 11.4. The summed E-state index contributed by atoms with van der Waals surface area (Å²) in [6.45, 7) is 14.3. The number of methoxy groups -OCH3 is 1. The molecule has 190 valence electrons. The van der Waals surface area contributed by atoms with E-state index in [4.69, 9.17) is 4.74 Å². The predicted molar refractivity (Wildman–Crippen MR) is 139 cm³/mol. The van der Waals surface area contributed by atoms with Crippen molar-refractivity contribution in [2.24, 2.45) is 5.41 Å². The van der Waals surface area contributed by atoms with Crippen LogP contribution in [0.3, 0.4) is 0 Å². The number of nitrogens with zero attached hydrogens (tertiary/aromatic N) is 3. The van der Waals surface area contributed by atoms with Crippen LogP contribution in [-0.2, 0) is 4.79 Å². The van der Waals surface area contributed by atoms with E-state index in [2.05, 4.69) is 37.9 Å². The molecule has 1 aliphatic heterocycles. The number of unbranched alkanes of at least 4 members (excludes halogenated alkanes) is 1.